The quantitative estimate of drug-likeness (QED) is 0.711. The summed E-state index contributed by atoms with van der Waals surface area (Å²) in [5, 5.41) is 5.78. The first-order chi connectivity index (χ1) is 8.33. The molecule has 0 aliphatic heterocycles. The van der Waals surface area contributed by atoms with Gasteiger partial charge in [0, 0.05) is 6.54 Å². The van der Waals surface area contributed by atoms with Crippen molar-refractivity contribution < 1.29 is 9.53 Å². The first kappa shape index (κ1) is 13.5. The zero-order chi connectivity index (χ0) is 12.3. The van der Waals surface area contributed by atoms with Crippen LogP contribution in [0, 0.1) is 0 Å². The molecule has 0 aromatic heterocycles. The van der Waals surface area contributed by atoms with E-state index < -0.39 is 0 Å². The molecule has 17 heavy (non-hydrogen) atoms. The van der Waals surface area contributed by atoms with Crippen LogP contribution in [-0.2, 0) is 11.3 Å². The molecule has 0 fully saturated rings. The number of carbonyl (C=O) groups excluding carboxylic acids is 1. The van der Waals surface area contributed by atoms with Gasteiger partial charge in [0.05, 0.1) is 0 Å². The largest absolute Gasteiger partial charge is 0.445 e. The van der Waals surface area contributed by atoms with E-state index in [-0.39, 0.29) is 6.09 Å². The van der Waals surface area contributed by atoms with Crippen molar-refractivity contribution in [2.45, 2.75) is 19.4 Å². The van der Waals surface area contributed by atoms with Crippen LogP contribution >= 0.6 is 0 Å². The van der Waals surface area contributed by atoms with Crippen LogP contribution in [0.1, 0.15) is 18.4 Å². The maximum Gasteiger partial charge on any atom is 0.407 e. The van der Waals surface area contributed by atoms with Gasteiger partial charge < -0.3 is 15.4 Å². The van der Waals surface area contributed by atoms with E-state index in [0.717, 1.165) is 24.9 Å². The topological polar surface area (TPSA) is 50.4 Å². The Bertz CT molecular complexity index is 314. The van der Waals surface area contributed by atoms with Gasteiger partial charge in [0.1, 0.15) is 6.61 Å². The van der Waals surface area contributed by atoms with Gasteiger partial charge in [-0.3, -0.25) is 0 Å². The minimum Gasteiger partial charge on any atom is -0.445 e. The molecular formula is C13H20N2O2. The number of hydrogen-bond donors (Lipinski definition) is 2. The molecule has 1 aromatic rings. The van der Waals surface area contributed by atoms with Crippen molar-refractivity contribution in [3.05, 3.63) is 35.9 Å². The summed E-state index contributed by atoms with van der Waals surface area (Å²) < 4.78 is 5.07. The van der Waals surface area contributed by atoms with Crippen molar-refractivity contribution in [2.24, 2.45) is 0 Å². The van der Waals surface area contributed by atoms with Gasteiger partial charge in [0.25, 0.3) is 0 Å². The maximum absolute atomic E-state index is 11.3. The van der Waals surface area contributed by atoms with E-state index in [0.29, 0.717) is 13.2 Å². The van der Waals surface area contributed by atoms with Gasteiger partial charge in [-0.1, -0.05) is 30.3 Å². The molecule has 94 valence electrons. The van der Waals surface area contributed by atoms with E-state index in [9.17, 15) is 4.79 Å². The number of rotatable bonds is 7. The summed E-state index contributed by atoms with van der Waals surface area (Å²) in [4.78, 5) is 11.3. The molecule has 1 aromatic carbocycles. The van der Waals surface area contributed by atoms with E-state index >= 15 is 0 Å². The highest BCUT2D eigenvalue weighted by Gasteiger charge is 2.00. The molecule has 4 heteroatoms. The van der Waals surface area contributed by atoms with Crippen molar-refractivity contribution in [1.82, 2.24) is 10.6 Å². The Balaban J connectivity index is 2.05. The molecule has 0 unspecified atom stereocenters. The Morgan fingerprint density at radius 2 is 1.88 bits per heavy atom. The van der Waals surface area contributed by atoms with Crippen molar-refractivity contribution in [1.29, 1.82) is 0 Å². The summed E-state index contributed by atoms with van der Waals surface area (Å²) in [5.74, 6) is 0. The second-order valence-electron chi connectivity index (χ2n) is 3.80. The van der Waals surface area contributed by atoms with Crippen LogP contribution in [0.2, 0.25) is 0 Å². The standard InChI is InChI=1S/C13H20N2O2/c1-14-9-5-6-10-15-13(16)17-11-12-7-3-2-4-8-12/h2-4,7-8,14H,5-6,9-11H2,1H3,(H,15,16). The smallest absolute Gasteiger partial charge is 0.407 e. The van der Waals surface area contributed by atoms with Crippen molar-refractivity contribution in [3.8, 4) is 0 Å². The lowest BCUT2D eigenvalue weighted by Gasteiger charge is -2.06. The van der Waals surface area contributed by atoms with Crippen LogP contribution in [0.3, 0.4) is 0 Å². The molecule has 0 bridgehead atoms. The molecule has 0 radical (unpaired) electrons. The summed E-state index contributed by atoms with van der Waals surface area (Å²) >= 11 is 0. The highest BCUT2D eigenvalue weighted by molar-refractivity contribution is 5.67. The van der Waals surface area contributed by atoms with Crippen molar-refractivity contribution in [3.63, 3.8) is 0 Å². The number of alkyl carbamates (subject to hydrolysis) is 1. The maximum atomic E-state index is 11.3. The summed E-state index contributed by atoms with van der Waals surface area (Å²) in [6.07, 6.45) is 1.66. The fraction of sp³-hybridized carbons (Fsp3) is 0.462. The molecule has 0 atom stereocenters. The molecule has 4 nitrogen and oxygen atoms in total. The molecule has 0 aliphatic rings. The second-order valence-corrected chi connectivity index (χ2v) is 3.80. The summed E-state index contributed by atoms with van der Waals surface area (Å²) in [6.45, 7) is 1.96. The summed E-state index contributed by atoms with van der Waals surface area (Å²) in [6, 6.07) is 9.65. The lowest BCUT2D eigenvalue weighted by molar-refractivity contribution is 0.139. The number of amides is 1. The SMILES string of the molecule is CNCCCCNC(=O)OCc1ccccc1. The Morgan fingerprint density at radius 3 is 2.59 bits per heavy atom. The van der Waals surface area contributed by atoms with Crippen LogP contribution < -0.4 is 10.6 Å². The van der Waals surface area contributed by atoms with Crippen LogP contribution in [0.5, 0.6) is 0 Å². The molecule has 1 rings (SSSR count). The van der Waals surface area contributed by atoms with Gasteiger partial charge in [-0.2, -0.15) is 0 Å². The zero-order valence-electron chi connectivity index (χ0n) is 10.2. The number of unbranched alkanes of at least 4 members (excludes halogenated alkanes) is 1. The van der Waals surface area contributed by atoms with Crippen LogP contribution in [0.25, 0.3) is 0 Å². The Hall–Kier alpha value is -1.55. The van der Waals surface area contributed by atoms with E-state index in [4.69, 9.17) is 4.74 Å². The van der Waals surface area contributed by atoms with Crippen molar-refractivity contribution >= 4 is 6.09 Å². The molecule has 0 heterocycles. The predicted octanol–water partition coefficient (Wildman–Crippen LogP) is 1.91. The Kier molecular flexibility index (Phi) is 6.82. The number of benzene rings is 1. The van der Waals surface area contributed by atoms with Crippen LogP contribution in [0.15, 0.2) is 30.3 Å². The number of hydrogen-bond acceptors (Lipinski definition) is 3. The average Bonchev–Trinajstić information content (AvgIpc) is 2.37. The van der Waals surface area contributed by atoms with E-state index in [1.165, 1.54) is 0 Å². The van der Waals surface area contributed by atoms with Gasteiger partial charge >= 0.3 is 6.09 Å². The molecule has 0 spiro atoms. The molecular weight excluding hydrogens is 216 g/mol. The molecule has 2 N–H and O–H groups in total. The third-order valence-electron chi connectivity index (χ3n) is 2.34. The van der Waals surface area contributed by atoms with Gasteiger partial charge in [-0.05, 0) is 32.0 Å². The third-order valence-corrected chi connectivity index (χ3v) is 2.34. The predicted molar refractivity (Wildman–Crippen MR) is 67.8 cm³/mol. The highest BCUT2D eigenvalue weighted by atomic mass is 16.5. The third kappa shape index (κ3) is 6.58. The molecule has 1 amide bonds. The lowest BCUT2D eigenvalue weighted by Crippen LogP contribution is -2.25. The summed E-state index contributed by atoms with van der Waals surface area (Å²) in [5.41, 5.74) is 0.998. The fourth-order valence-corrected chi connectivity index (χ4v) is 1.39. The zero-order valence-corrected chi connectivity index (χ0v) is 10.2. The first-order valence-electron chi connectivity index (χ1n) is 5.92. The van der Waals surface area contributed by atoms with Crippen LogP contribution in [-0.4, -0.2) is 26.2 Å². The number of ether oxygens (including phenoxy) is 1. The van der Waals surface area contributed by atoms with Gasteiger partial charge in [-0.15, -0.1) is 0 Å². The Labute approximate surface area is 102 Å². The van der Waals surface area contributed by atoms with Crippen LogP contribution in [0.4, 0.5) is 4.79 Å². The summed E-state index contributed by atoms with van der Waals surface area (Å²) in [7, 11) is 1.92. The average molecular weight is 236 g/mol. The lowest BCUT2D eigenvalue weighted by atomic mass is 10.2. The fourth-order valence-electron chi connectivity index (χ4n) is 1.39. The second kappa shape index (κ2) is 8.58. The molecule has 0 aliphatic carbocycles. The monoisotopic (exact) mass is 236 g/mol. The Morgan fingerprint density at radius 1 is 1.18 bits per heavy atom. The minimum absolute atomic E-state index is 0.323. The van der Waals surface area contributed by atoms with Crippen molar-refractivity contribution in [2.75, 3.05) is 20.1 Å². The van der Waals surface area contributed by atoms with Gasteiger partial charge in [-0.25, -0.2) is 4.79 Å². The first-order valence-corrected chi connectivity index (χ1v) is 5.92. The van der Waals surface area contributed by atoms with Gasteiger partial charge in [0.15, 0.2) is 0 Å². The minimum atomic E-state index is -0.349. The van der Waals surface area contributed by atoms with E-state index in [1.807, 2.05) is 37.4 Å². The van der Waals surface area contributed by atoms with E-state index in [2.05, 4.69) is 10.6 Å². The normalized spacial score (nSPS) is 9.94. The number of carbonyl (C=O) groups is 1. The van der Waals surface area contributed by atoms with E-state index in [1.54, 1.807) is 0 Å². The van der Waals surface area contributed by atoms with Gasteiger partial charge in [0.2, 0.25) is 0 Å². The molecule has 0 saturated carbocycles. The molecule has 0 saturated heterocycles. The highest BCUT2D eigenvalue weighted by Crippen LogP contribution is 2.00. The number of nitrogens with one attached hydrogen (secondary N) is 2.